The Bertz CT molecular complexity index is 1290. The Balaban J connectivity index is 1.26. The Morgan fingerprint density at radius 2 is 2.14 bits per heavy atom. The lowest BCUT2D eigenvalue weighted by molar-refractivity contribution is -0.499. The number of anilines is 2. The van der Waals surface area contributed by atoms with Crippen molar-refractivity contribution in [3.05, 3.63) is 47.5 Å². The van der Waals surface area contributed by atoms with Crippen molar-refractivity contribution in [1.29, 1.82) is 10.7 Å². The minimum absolute atomic E-state index is 0.235. The first kappa shape index (κ1) is 23.0. The van der Waals surface area contributed by atoms with E-state index in [0.29, 0.717) is 24.3 Å². The summed E-state index contributed by atoms with van der Waals surface area (Å²) in [6, 6.07) is 5.41. The van der Waals surface area contributed by atoms with Gasteiger partial charge in [0.05, 0.1) is 23.8 Å². The van der Waals surface area contributed by atoms with Gasteiger partial charge in [0.2, 0.25) is 5.13 Å². The van der Waals surface area contributed by atoms with E-state index in [1.54, 1.807) is 17.4 Å². The number of ether oxygens (including phenoxy) is 1. The van der Waals surface area contributed by atoms with Gasteiger partial charge >= 0.3 is 0 Å². The van der Waals surface area contributed by atoms with Crippen molar-refractivity contribution in [3.63, 3.8) is 0 Å². The molecule has 4 aliphatic rings. The molecule has 6 rings (SSSR count). The molecule has 0 saturated carbocycles. The van der Waals surface area contributed by atoms with Crippen LogP contribution < -0.4 is 20.9 Å². The molecule has 36 heavy (non-hydrogen) atoms. The molecule has 2 unspecified atom stereocenters. The maximum absolute atomic E-state index is 9.12. The van der Waals surface area contributed by atoms with Gasteiger partial charge in [-0.25, -0.2) is 4.98 Å². The molecule has 2 bridgehead atoms. The number of nitrogens with two attached hydrogens (primary N) is 1. The highest BCUT2D eigenvalue weighted by atomic mass is 32.1. The van der Waals surface area contributed by atoms with E-state index < -0.39 is 0 Å². The number of quaternary nitrogens is 1. The number of hydrogen-bond acceptors (Lipinski definition) is 10. The molecule has 2 aromatic heterocycles. The number of nitriles is 1. The summed E-state index contributed by atoms with van der Waals surface area (Å²) >= 11 is 1.62. The Hall–Kier alpha value is -3.43. The number of allylic oxidation sites excluding steroid dienone is 4. The maximum atomic E-state index is 9.12. The van der Waals surface area contributed by atoms with Gasteiger partial charge in [-0.3, -0.25) is 5.32 Å². The molecular formula is C25H28N9OS+. The molecule has 0 aromatic carbocycles. The molecule has 6 heterocycles. The number of fused-ring (bicyclic) bond motifs is 2. The first-order chi connectivity index (χ1) is 17.7. The smallest absolute Gasteiger partial charge is 0.208 e. The van der Waals surface area contributed by atoms with Crippen molar-refractivity contribution in [2.45, 2.75) is 37.4 Å². The van der Waals surface area contributed by atoms with E-state index in [1.165, 1.54) is 12.8 Å². The predicted octanol–water partition coefficient (Wildman–Crippen LogP) is 1.64. The third-order valence-corrected chi connectivity index (χ3v) is 8.02. The van der Waals surface area contributed by atoms with Crippen LogP contribution in [0.2, 0.25) is 0 Å². The molecule has 0 aliphatic carbocycles. The molecule has 0 spiro atoms. The molecule has 3 fully saturated rings. The SMILES string of the molecule is N#C/C(C=N)=C/C1=CC=C(c2cc(N[C@H]3CCOC3)c(-c3nnc(N4CC5CCC(C4)N5)s3)cn2)[NH2+]1. The van der Waals surface area contributed by atoms with Crippen LogP contribution in [0.1, 0.15) is 25.0 Å². The van der Waals surface area contributed by atoms with E-state index in [4.69, 9.17) is 20.4 Å². The molecule has 11 heteroatoms. The van der Waals surface area contributed by atoms with Gasteiger partial charge in [0.1, 0.15) is 17.5 Å². The van der Waals surface area contributed by atoms with Crippen molar-refractivity contribution in [2.24, 2.45) is 0 Å². The number of hydrogen-bond donors (Lipinski definition) is 4. The zero-order valence-corrected chi connectivity index (χ0v) is 20.6. The van der Waals surface area contributed by atoms with E-state index in [2.05, 4.69) is 31.8 Å². The third-order valence-electron chi connectivity index (χ3n) is 7.01. The number of nitrogens with zero attached hydrogens (tertiary/aromatic N) is 5. The Labute approximate surface area is 213 Å². The van der Waals surface area contributed by atoms with E-state index >= 15 is 0 Å². The average Bonchev–Trinajstić information content (AvgIpc) is 3.71. The summed E-state index contributed by atoms with van der Waals surface area (Å²) in [7, 11) is 0. The monoisotopic (exact) mass is 502 g/mol. The van der Waals surface area contributed by atoms with Crippen LogP contribution >= 0.6 is 11.3 Å². The van der Waals surface area contributed by atoms with Crippen LogP contribution in [0.5, 0.6) is 0 Å². The Morgan fingerprint density at radius 3 is 2.89 bits per heavy atom. The van der Waals surface area contributed by atoms with Crippen LogP contribution in [-0.4, -0.2) is 65.8 Å². The van der Waals surface area contributed by atoms with Crippen molar-refractivity contribution >= 4 is 34.1 Å². The van der Waals surface area contributed by atoms with Crippen molar-refractivity contribution in [2.75, 3.05) is 36.5 Å². The van der Waals surface area contributed by atoms with Gasteiger partial charge < -0.3 is 25.7 Å². The molecule has 3 atom stereocenters. The van der Waals surface area contributed by atoms with Gasteiger partial charge in [0, 0.05) is 68.1 Å². The lowest BCUT2D eigenvalue weighted by Crippen LogP contribution is -2.77. The van der Waals surface area contributed by atoms with E-state index in [-0.39, 0.29) is 6.04 Å². The highest BCUT2D eigenvalue weighted by molar-refractivity contribution is 7.18. The van der Waals surface area contributed by atoms with Gasteiger partial charge in [-0.05, 0) is 25.3 Å². The average molecular weight is 503 g/mol. The summed E-state index contributed by atoms with van der Waals surface area (Å²) in [5.41, 5.74) is 4.87. The van der Waals surface area contributed by atoms with Crippen molar-refractivity contribution < 1.29 is 10.1 Å². The van der Waals surface area contributed by atoms with E-state index in [1.807, 2.05) is 29.7 Å². The van der Waals surface area contributed by atoms with Gasteiger partial charge in [0.15, 0.2) is 10.7 Å². The van der Waals surface area contributed by atoms with Crippen molar-refractivity contribution in [3.8, 4) is 16.6 Å². The van der Waals surface area contributed by atoms with Gasteiger partial charge in [-0.15, -0.1) is 10.2 Å². The Morgan fingerprint density at radius 1 is 1.28 bits per heavy atom. The molecular weight excluding hydrogens is 474 g/mol. The summed E-state index contributed by atoms with van der Waals surface area (Å²) in [5.74, 6) is 0. The summed E-state index contributed by atoms with van der Waals surface area (Å²) in [4.78, 5) is 7.13. The van der Waals surface area contributed by atoms with Crippen LogP contribution in [0.15, 0.2) is 41.8 Å². The first-order valence-corrected chi connectivity index (χ1v) is 13.1. The highest BCUT2D eigenvalue weighted by Gasteiger charge is 2.33. The second-order valence-electron chi connectivity index (χ2n) is 9.54. The molecule has 0 amide bonds. The van der Waals surface area contributed by atoms with Crippen LogP contribution in [0.4, 0.5) is 10.8 Å². The predicted molar refractivity (Wildman–Crippen MR) is 139 cm³/mol. The summed E-state index contributed by atoms with van der Waals surface area (Å²) in [5, 5.41) is 36.7. The standard InChI is InChI=1S/C25H27N9OS/c26-9-15(10-27)7-16-3-4-21(30-16)23-8-22(31-19-5-6-35-14-19)20(11-28-23)24-32-33-25(36-24)34-12-17-1-2-18(13-34)29-17/h3-4,7-9,11,17-19,26,29-30H,1-2,5-6,12-14H2,(H,28,31)/p+1/b15-7+,26-9?/t17?,18?,19-/m0/s1. The molecule has 10 nitrogen and oxygen atoms in total. The highest BCUT2D eigenvalue weighted by Crippen LogP contribution is 2.36. The molecule has 0 radical (unpaired) electrons. The number of piperazine rings is 1. The van der Waals surface area contributed by atoms with Crippen LogP contribution in [-0.2, 0) is 4.74 Å². The van der Waals surface area contributed by atoms with Crippen molar-refractivity contribution in [1.82, 2.24) is 20.5 Å². The lowest BCUT2D eigenvalue weighted by atomic mass is 10.1. The number of nitrogens with one attached hydrogen (secondary N) is 3. The number of pyridine rings is 1. The van der Waals surface area contributed by atoms with Crippen LogP contribution in [0.25, 0.3) is 16.3 Å². The minimum atomic E-state index is 0.235. The quantitative estimate of drug-likeness (QED) is 0.331. The zero-order valence-electron chi connectivity index (χ0n) is 19.8. The lowest BCUT2D eigenvalue weighted by Gasteiger charge is -2.32. The molecule has 5 N–H and O–H groups in total. The Kier molecular flexibility index (Phi) is 6.33. The molecule has 4 aliphatic heterocycles. The minimum Gasteiger partial charge on any atom is -0.379 e. The third kappa shape index (κ3) is 4.68. The fourth-order valence-corrected chi connectivity index (χ4v) is 6.06. The second-order valence-corrected chi connectivity index (χ2v) is 10.5. The van der Waals surface area contributed by atoms with E-state index in [9.17, 15) is 0 Å². The second kappa shape index (κ2) is 9.91. The summed E-state index contributed by atoms with van der Waals surface area (Å²) in [6.07, 6.45) is 12.0. The van der Waals surface area contributed by atoms with Gasteiger partial charge in [-0.2, -0.15) is 5.26 Å². The van der Waals surface area contributed by atoms with Crippen LogP contribution in [0, 0.1) is 16.7 Å². The fourth-order valence-electron chi connectivity index (χ4n) is 5.17. The van der Waals surface area contributed by atoms with Crippen LogP contribution in [0.3, 0.4) is 0 Å². The maximum Gasteiger partial charge on any atom is 0.208 e. The number of rotatable bonds is 7. The topological polar surface area (TPSA) is 139 Å². The van der Waals surface area contributed by atoms with Gasteiger partial charge in [0.25, 0.3) is 0 Å². The normalized spacial score (nSPS) is 25.5. The van der Waals surface area contributed by atoms with E-state index in [0.717, 1.165) is 70.8 Å². The molecule has 3 saturated heterocycles. The fraction of sp³-hybridized carbons (Fsp3) is 0.400. The largest absolute Gasteiger partial charge is 0.379 e. The molecule has 184 valence electrons. The first-order valence-electron chi connectivity index (χ1n) is 12.3. The summed E-state index contributed by atoms with van der Waals surface area (Å²) < 4.78 is 5.59. The molecule has 2 aromatic rings. The zero-order chi connectivity index (χ0) is 24.5. The van der Waals surface area contributed by atoms with Gasteiger partial charge in [-0.1, -0.05) is 11.3 Å². The number of aromatic nitrogens is 3. The summed E-state index contributed by atoms with van der Waals surface area (Å²) in [6.45, 7) is 3.39.